The molecule has 310 valence electrons. The van der Waals surface area contributed by atoms with Crippen LogP contribution in [0.4, 0.5) is 4.39 Å². The summed E-state index contributed by atoms with van der Waals surface area (Å²) in [4.78, 5) is 29.4. The third kappa shape index (κ3) is 11.9. The molecule has 6 aromatic carbocycles. The fourth-order valence-corrected chi connectivity index (χ4v) is 7.52. The average molecular weight is 811 g/mol. The number of halogens is 1. The molecule has 0 unspecified atom stereocenters. The Morgan fingerprint density at radius 3 is 1.38 bits per heavy atom. The van der Waals surface area contributed by atoms with Crippen molar-refractivity contribution in [1.82, 2.24) is 9.80 Å². The Kier molecular flexibility index (Phi) is 16.0. The molecule has 8 rings (SSSR count). The van der Waals surface area contributed by atoms with Crippen LogP contribution in [-0.4, -0.2) is 52.9 Å². The molecule has 2 amide bonds. The van der Waals surface area contributed by atoms with Crippen LogP contribution in [0.25, 0.3) is 0 Å². The lowest BCUT2D eigenvalue weighted by Gasteiger charge is -2.38. The van der Waals surface area contributed by atoms with Crippen molar-refractivity contribution in [1.29, 1.82) is 0 Å². The van der Waals surface area contributed by atoms with Crippen LogP contribution in [0.5, 0.6) is 0 Å². The van der Waals surface area contributed by atoms with Crippen LogP contribution >= 0.6 is 0 Å². The van der Waals surface area contributed by atoms with E-state index >= 15 is 0 Å². The predicted octanol–water partition coefficient (Wildman–Crippen LogP) is 11.0. The minimum atomic E-state index is -0.860. The van der Waals surface area contributed by atoms with E-state index in [9.17, 15) is 19.1 Å². The van der Waals surface area contributed by atoms with Crippen LogP contribution in [0.15, 0.2) is 158 Å². The van der Waals surface area contributed by atoms with Crippen molar-refractivity contribution < 1.29 is 19.1 Å². The van der Waals surface area contributed by atoms with E-state index in [0.29, 0.717) is 50.1 Å². The van der Waals surface area contributed by atoms with Gasteiger partial charge in [-0.2, -0.15) is 0 Å². The zero-order valence-electron chi connectivity index (χ0n) is 33.3. The molecule has 1 N–H and O–H groups in total. The summed E-state index contributed by atoms with van der Waals surface area (Å²) in [6.07, 6.45) is 2.66. The molecule has 0 aliphatic carbocycles. The molecule has 0 aromatic heterocycles. The van der Waals surface area contributed by atoms with E-state index in [1.807, 2.05) is 162 Å². The smallest absolute Gasteiger partial charge is 0.253 e. The molecule has 6 heteroatoms. The number of rotatable bonds is 4. The summed E-state index contributed by atoms with van der Waals surface area (Å²) >= 11 is 0. The van der Waals surface area contributed by atoms with Crippen LogP contribution in [0.2, 0.25) is 0 Å². The number of likely N-dealkylation sites (tertiary alicyclic amines) is 2. The fourth-order valence-electron chi connectivity index (χ4n) is 7.52. The van der Waals surface area contributed by atoms with Crippen molar-refractivity contribution in [3.8, 4) is 23.7 Å². The molecular weight excluding hydrogens is 756 g/mol. The van der Waals surface area contributed by atoms with Crippen molar-refractivity contribution in [2.45, 2.75) is 59.0 Å². The van der Waals surface area contributed by atoms with Gasteiger partial charge >= 0.3 is 0 Å². The van der Waals surface area contributed by atoms with Crippen LogP contribution < -0.4 is 0 Å². The van der Waals surface area contributed by atoms with Gasteiger partial charge in [0.25, 0.3) is 11.8 Å². The van der Waals surface area contributed by atoms with Gasteiger partial charge in [-0.15, -0.1) is 0 Å². The molecule has 0 saturated carbocycles. The zero-order chi connectivity index (χ0) is 41.0. The lowest BCUT2D eigenvalue weighted by Crippen LogP contribution is -2.45. The monoisotopic (exact) mass is 810 g/mol. The van der Waals surface area contributed by atoms with Crippen molar-refractivity contribution in [3.05, 3.63) is 214 Å². The lowest BCUT2D eigenvalue weighted by atomic mass is 9.84. The quantitative estimate of drug-likeness (QED) is 0.180. The number of benzene rings is 6. The highest BCUT2D eigenvalue weighted by Crippen LogP contribution is 2.34. The lowest BCUT2D eigenvalue weighted by molar-refractivity contribution is -0.0211. The first kappa shape index (κ1) is 45.4. The van der Waals surface area contributed by atoms with E-state index in [1.165, 1.54) is 11.6 Å². The highest BCUT2D eigenvalue weighted by atomic mass is 19.1. The third-order valence-corrected chi connectivity index (χ3v) is 11.1. The van der Waals surface area contributed by atoms with Crippen LogP contribution in [0.3, 0.4) is 0 Å². The third-order valence-electron chi connectivity index (χ3n) is 11.1. The van der Waals surface area contributed by atoms with Gasteiger partial charge in [-0.1, -0.05) is 123 Å². The van der Waals surface area contributed by atoms with Gasteiger partial charge in [-0.25, -0.2) is 4.39 Å². The Morgan fingerprint density at radius 2 is 0.934 bits per heavy atom. The largest absolute Gasteiger partial charge is 0.385 e. The maximum absolute atomic E-state index is 14.0. The number of carbonyl (C=O) groups excluding carboxylic acids is 2. The molecule has 0 radical (unpaired) electrons. The van der Waals surface area contributed by atoms with Gasteiger partial charge < -0.3 is 14.9 Å². The molecule has 0 spiro atoms. The Hall–Kier alpha value is -6.73. The van der Waals surface area contributed by atoms with E-state index in [4.69, 9.17) is 0 Å². The summed E-state index contributed by atoms with van der Waals surface area (Å²) in [5.74, 6) is 12.6. The predicted molar refractivity (Wildman–Crippen MR) is 246 cm³/mol. The van der Waals surface area contributed by atoms with Crippen LogP contribution in [0.1, 0.15) is 106 Å². The van der Waals surface area contributed by atoms with Crippen molar-refractivity contribution in [2.24, 2.45) is 0 Å². The van der Waals surface area contributed by atoms with E-state index < -0.39 is 5.60 Å². The van der Waals surface area contributed by atoms with E-state index in [2.05, 4.69) is 23.7 Å². The minimum Gasteiger partial charge on any atom is -0.385 e. The standard InChI is InChI=1S/C27H25NO2.C26H22FNO.2CH4/c1-21-7-15-25(16-8-21)27(30)17-19-28(20-18-27)26(29)24-13-11-23(12-14-24)10-9-22-5-3-2-4-6-22;27-25-9-5-4-8-24(25)22-16-18-28(19-17-22)26(29)23-14-12-21(13-15-23)11-10-20-6-2-1-3-7-20;;/h2-8,11-16,30H,17-20H2,1H3;1-9,12-15,22H,16-19H2;2*1H4. The minimum absolute atomic E-state index is 0. The van der Waals surface area contributed by atoms with Gasteiger partial charge in [0.2, 0.25) is 0 Å². The number of hydrogen-bond acceptors (Lipinski definition) is 3. The second-order valence-electron chi connectivity index (χ2n) is 15.2. The average Bonchev–Trinajstić information content (AvgIpc) is 3.29. The maximum Gasteiger partial charge on any atom is 0.253 e. The van der Waals surface area contributed by atoms with Gasteiger partial charge in [0, 0.05) is 59.6 Å². The number of hydrogen-bond donors (Lipinski definition) is 1. The summed E-state index contributed by atoms with van der Waals surface area (Å²) in [7, 11) is 0. The molecule has 0 atom stereocenters. The van der Waals surface area contributed by atoms with Gasteiger partial charge in [-0.05, 0) is 129 Å². The molecule has 0 bridgehead atoms. The molecule has 5 nitrogen and oxygen atoms in total. The van der Waals surface area contributed by atoms with Gasteiger partial charge in [-0.3, -0.25) is 9.59 Å². The number of nitrogens with zero attached hydrogens (tertiary/aromatic N) is 2. The Labute approximate surface area is 361 Å². The number of aliphatic hydroxyl groups is 1. The van der Waals surface area contributed by atoms with Crippen LogP contribution in [-0.2, 0) is 5.60 Å². The highest BCUT2D eigenvalue weighted by Gasteiger charge is 2.35. The first-order chi connectivity index (χ1) is 28.7. The molecule has 61 heavy (non-hydrogen) atoms. The number of amides is 2. The summed E-state index contributed by atoms with van der Waals surface area (Å²) in [5, 5.41) is 11.0. The summed E-state index contributed by atoms with van der Waals surface area (Å²) in [6.45, 7) is 4.41. The second kappa shape index (κ2) is 21.5. The molecule has 6 aromatic rings. The first-order valence-corrected chi connectivity index (χ1v) is 20.2. The fraction of sp³-hybridized carbons (Fsp3) is 0.236. The van der Waals surface area contributed by atoms with Crippen molar-refractivity contribution >= 4 is 11.8 Å². The van der Waals surface area contributed by atoms with Gasteiger partial charge in [0.1, 0.15) is 5.82 Å². The van der Waals surface area contributed by atoms with Crippen molar-refractivity contribution in [3.63, 3.8) is 0 Å². The Morgan fingerprint density at radius 1 is 0.541 bits per heavy atom. The molecule has 2 aliphatic heterocycles. The number of piperidine rings is 2. The topological polar surface area (TPSA) is 60.9 Å². The van der Waals surface area contributed by atoms with Gasteiger partial charge in [0.15, 0.2) is 0 Å². The van der Waals surface area contributed by atoms with Crippen molar-refractivity contribution in [2.75, 3.05) is 26.2 Å². The first-order valence-electron chi connectivity index (χ1n) is 20.2. The van der Waals surface area contributed by atoms with E-state index in [0.717, 1.165) is 46.2 Å². The second-order valence-corrected chi connectivity index (χ2v) is 15.2. The summed E-state index contributed by atoms with van der Waals surface area (Å²) in [6, 6.07) is 49.5. The van der Waals surface area contributed by atoms with E-state index in [-0.39, 0.29) is 38.4 Å². The zero-order valence-corrected chi connectivity index (χ0v) is 33.3. The molecular formula is C55H55FN2O3. The maximum atomic E-state index is 14.0. The van der Waals surface area contributed by atoms with E-state index in [1.54, 1.807) is 6.07 Å². The highest BCUT2D eigenvalue weighted by molar-refractivity contribution is 5.95. The summed E-state index contributed by atoms with van der Waals surface area (Å²) < 4.78 is 14.0. The Bertz CT molecular complexity index is 2460. The molecule has 2 aliphatic rings. The Balaban J connectivity index is 0.000000224. The molecule has 2 heterocycles. The molecule has 2 fully saturated rings. The van der Waals surface area contributed by atoms with Crippen LogP contribution in [0, 0.1) is 36.4 Å². The number of carbonyl (C=O) groups is 2. The normalized spacial score (nSPS) is 14.2. The molecule has 2 saturated heterocycles. The number of aryl methyl sites for hydroxylation is 1. The SMILES string of the molecule is C.C.Cc1ccc(C2(O)CCN(C(=O)c3ccc(C#Cc4ccccc4)cc3)CC2)cc1.O=C(c1ccc(C#Cc2ccccc2)cc1)N1CCC(c2ccccc2F)CC1. The summed E-state index contributed by atoms with van der Waals surface area (Å²) in [5.41, 5.74) is 7.01. The van der Waals surface area contributed by atoms with Gasteiger partial charge in [0.05, 0.1) is 5.60 Å².